The molecule has 0 aliphatic rings. The maximum absolute atomic E-state index is 13.7. The highest BCUT2D eigenvalue weighted by atomic mass is 19.1. The minimum Gasteiger partial charge on any atom is -0.341 e. The summed E-state index contributed by atoms with van der Waals surface area (Å²) in [5.41, 5.74) is 1.91. The summed E-state index contributed by atoms with van der Waals surface area (Å²) in [5, 5.41) is 0. The van der Waals surface area contributed by atoms with Crippen LogP contribution in [-0.4, -0.2) is 15.8 Å². The smallest absolute Gasteiger partial charge is 0.153 e. The van der Waals surface area contributed by atoms with E-state index in [0.717, 1.165) is 18.2 Å². The van der Waals surface area contributed by atoms with Gasteiger partial charge in [0.05, 0.1) is 23.1 Å². The highest BCUT2D eigenvalue weighted by Crippen LogP contribution is 2.20. The van der Waals surface area contributed by atoms with Gasteiger partial charge in [-0.3, -0.25) is 9.78 Å². The summed E-state index contributed by atoms with van der Waals surface area (Å²) >= 11 is 0. The first-order valence-corrected chi connectivity index (χ1v) is 6.02. The number of rotatable bonds is 3. The van der Waals surface area contributed by atoms with Crippen LogP contribution in [0, 0.1) is 11.6 Å². The Kier molecular flexibility index (Phi) is 3.02. The summed E-state index contributed by atoms with van der Waals surface area (Å²) in [6.07, 6.45) is 3.88. The van der Waals surface area contributed by atoms with Crippen LogP contribution in [0.2, 0.25) is 0 Å². The highest BCUT2D eigenvalue weighted by Gasteiger charge is 2.11. The normalized spacial score (nSPS) is 10.9. The molecule has 0 saturated carbocycles. The lowest BCUT2D eigenvalue weighted by atomic mass is 10.2. The predicted molar refractivity (Wildman–Crippen MR) is 70.6 cm³/mol. The van der Waals surface area contributed by atoms with Crippen LogP contribution in [0.15, 0.2) is 42.7 Å². The predicted octanol–water partition coefficient (Wildman–Crippen LogP) is 3.18. The van der Waals surface area contributed by atoms with E-state index in [1.165, 1.54) is 0 Å². The molecule has 0 N–H and O–H groups in total. The van der Waals surface area contributed by atoms with Crippen LogP contribution in [0.5, 0.6) is 0 Å². The number of fused-ring (bicyclic) bond motifs is 1. The number of hydrogen-bond donors (Lipinski definition) is 0. The van der Waals surface area contributed by atoms with Crippen molar-refractivity contribution in [2.24, 2.45) is 0 Å². The van der Waals surface area contributed by atoms with Crippen molar-refractivity contribution in [3.05, 3.63) is 65.5 Å². The van der Waals surface area contributed by atoms with Crippen molar-refractivity contribution in [2.75, 3.05) is 0 Å². The number of carbonyl (C=O) groups is 1. The van der Waals surface area contributed by atoms with Crippen LogP contribution in [0.25, 0.3) is 11.0 Å². The van der Waals surface area contributed by atoms with E-state index < -0.39 is 11.6 Å². The third-order valence-electron chi connectivity index (χ3n) is 3.14. The molecule has 20 heavy (non-hydrogen) atoms. The molecule has 100 valence electrons. The average molecular weight is 272 g/mol. The van der Waals surface area contributed by atoms with E-state index in [1.54, 1.807) is 29.1 Å². The number of pyridine rings is 1. The Morgan fingerprint density at radius 2 is 2.10 bits per heavy atom. The first-order valence-electron chi connectivity index (χ1n) is 6.02. The molecule has 3 aromatic rings. The van der Waals surface area contributed by atoms with E-state index >= 15 is 0 Å². The molecule has 3 nitrogen and oxygen atoms in total. The van der Waals surface area contributed by atoms with Gasteiger partial charge in [-0.15, -0.1) is 0 Å². The van der Waals surface area contributed by atoms with Gasteiger partial charge in [-0.05, 0) is 30.3 Å². The second-order valence-corrected chi connectivity index (χ2v) is 4.44. The Balaban J connectivity index is 2.11. The van der Waals surface area contributed by atoms with E-state index in [9.17, 15) is 13.6 Å². The summed E-state index contributed by atoms with van der Waals surface area (Å²) < 4.78 is 28.6. The number of aldehydes is 1. The van der Waals surface area contributed by atoms with E-state index in [0.29, 0.717) is 22.9 Å². The summed E-state index contributed by atoms with van der Waals surface area (Å²) in [4.78, 5) is 15.2. The van der Waals surface area contributed by atoms with Crippen LogP contribution in [0.4, 0.5) is 8.78 Å². The number of aromatic nitrogens is 2. The molecule has 0 unspecified atom stereocenters. The van der Waals surface area contributed by atoms with Gasteiger partial charge in [-0.25, -0.2) is 8.78 Å². The Morgan fingerprint density at radius 1 is 1.25 bits per heavy atom. The molecule has 0 saturated heterocycles. The molecule has 0 fully saturated rings. The van der Waals surface area contributed by atoms with Crippen molar-refractivity contribution < 1.29 is 13.6 Å². The fourth-order valence-electron chi connectivity index (χ4n) is 2.21. The third-order valence-corrected chi connectivity index (χ3v) is 3.14. The molecule has 0 amide bonds. The number of halogens is 2. The lowest BCUT2D eigenvalue weighted by Crippen LogP contribution is -2.01. The Morgan fingerprint density at radius 3 is 2.90 bits per heavy atom. The molecule has 2 aromatic heterocycles. The third kappa shape index (κ3) is 2.07. The zero-order chi connectivity index (χ0) is 14.1. The molecule has 5 heteroatoms. The number of hydrogen-bond acceptors (Lipinski definition) is 2. The Bertz CT molecular complexity index is 796. The van der Waals surface area contributed by atoms with Crippen LogP contribution < -0.4 is 0 Å². The van der Waals surface area contributed by atoms with Crippen LogP contribution >= 0.6 is 0 Å². The molecule has 0 aliphatic carbocycles. The second kappa shape index (κ2) is 4.85. The van der Waals surface area contributed by atoms with Gasteiger partial charge in [0.2, 0.25) is 0 Å². The van der Waals surface area contributed by atoms with Gasteiger partial charge in [0.1, 0.15) is 11.6 Å². The van der Waals surface area contributed by atoms with Gasteiger partial charge >= 0.3 is 0 Å². The molecular formula is C15H10F2N2O. The number of benzene rings is 1. The highest BCUT2D eigenvalue weighted by molar-refractivity contribution is 5.94. The fraction of sp³-hybridized carbons (Fsp3) is 0.0667. The molecule has 1 aromatic carbocycles. The van der Waals surface area contributed by atoms with Crippen molar-refractivity contribution >= 4 is 17.3 Å². The molecular weight excluding hydrogens is 262 g/mol. The quantitative estimate of drug-likeness (QED) is 0.686. The molecule has 0 bridgehead atoms. The maximum atomic E-state index is 13.7. The van der Waals surface area contributed by atoms with E-state index in [2.05, 4.69) is 4.98 Å². The van der Waals surface area contributed by atoms with E-state index in [-0.39, 0.29) is 12.1 Å². The second-order valence-electron chi connectivity index (χ2n) is 4.44. The van der Waals surface area contributed by atoms with Crippen molar-refractivity contribution in [1.82, 2.24) is 9.55 Å². The Hall–Kier alpha value is -2.56. The van der Waals surface area contributed by atoms with Gasteiger partial charge in [0, 0.05) is 18.0 Å². The summed E-state index contributed by atoms with van der Waals surface area (Å²) in [6.45, 7) is 0.139. The van der Waals surface area contributed by atoms with Gasteiger partial charge in [-0.2, -0.15) is 0 Å². The summed E-state index contributed by atoms with van der Waals surface area (Å²) in [7, 11) is 0. The molecule has 0 radical (unpaired) electrons. The summed E-state index contributed by atoms with van der Waals surface area (Å²) in [5.74, 6) is -0.976. The fourth-order valence-corrected chi connectivity index (χ4v) is 2.21. The first-order chi connectivity index (χ1) is 9.69. The topological polar surface area (TPSA) is 34.9 Å². The molecule has 0 aliphatic heterocycles. The zero-order valence-electron chi connectivity index (χ0n) is 10.4. The molecule has 2 heterocycles. The van der Waals surface area contributed by atoms with Crippen LogP contribution in [0.3, 0.4) is 0 Å². The average Bonchev–Trinajstić information content (AvgIpc) is 2.81. The number of carbonyl (C=O) groups excluding carboxylic acids is 1. The lowest BCUT2D eigenvalue weighted by Gasteiger charge is -2.06. The lowest BCUT2D eigenvalue weighted by molar-refractivity contribution is 0.112. The van der Waals surface area contributed by atoms with Crippen LogP contribution in [0.1, 0.15) is 15.9 Å². The minimum atomic E-state index is -0.494. The molecule has 0 spiro atoms. The molecule has 0 atom stereocenters. The largest absolute Gasteiger partial charge is 0.341 e. The van der Waals surface area contributed by atoms with Gasteiger partial charge in [0.25, 0.3) is 0 Å². The van der Waals surface area contributed by atoms with E-state index in [4.69, 9.17) is 0 Å². The van der Waals surface area contributed by atoms with Crippen molar-refractivity contribution in [3.8, 4) is 0 Å². The maximum Gasteiger partial charge on any atom is 0.153 e. The van der Waals surface area contributed by atoms with Crippen molar-refractivity contribution in [2.45, 2.75) is 6.54 Å². The minimum absolute atomic E-state index is 0.139. The Labute approximate surface area is 113 Å². The standard InChI is InChI=1S/C15H10F2N2O/c16-12-3-4-13(17)10(6-12)7-19-8-11(9-20)15-14(19)2-1-5-18-15/h1-6,8-9H,7H2. The molecule has 3 rings (SSSR count). The van der Waals surface area contributed by atoms with Gasteiger partial charge in [-0.1, -0.05) is 0 Å². The van der Waals surface area contributed by atoms with Crippen molar-refractivity contribution in [3.63, 3.8) is 0 Å². The monoisotopic (exact) mass is 272 g/mol. The summed E-state index contributed by atoms with van der Waals surface area (Å²) in [6, 6.07) is 6.83. The van der Waals surface area contributed by atoms with E-state index in [1.807, 2.05) is 0 Å². The van der Waals surface area contributed by atoms with Gasteiger partial charge in [0.15, 0.2) is 6.29 Å². The van der Waals surface area contributed by atoms with Gasteiger partial charge < -0.3 is 4.57 Å². The number of nitrogens with zero attached hydrogens (tertiary/aromatic N) is 2. The SMILES string of the molecule is O=Cc1cn(Cc2cc(F)ccc2F)c2cccnc12. The van der Waals surface area contributed by atoms with Crippen molar-refractivity contribution in [1.29, 1.82) is 0 Å². The van der Waals surface area contributed by atoms with Crippen LogP contribution in [-0.2, 0) is 6.54 Å². The zero-order valence-corrected chi connectivity index (χ0v) is 10.4. The first kappa shape index (κ1) is 12.5.